The monoisotopic (exact) mass is 213 g/mol. The highest BCUT2D eigenvalue weighted by molar-refractivity contribution is 5.91. The lowest BCUT2D eigenvalue weighted by Crippen LogP contribution is -2.14. The van der Waals surface area contributed by atoms with E-state index in [0.29, 0.717) is 5.56 Å². The van der Waals surface area contributed by atoms with Gasteiger partial charge in [0, 0.05) is 5.56 Å². The maximum atomic E-state index is 12.3. The minimum absolute atomic E-state index is 0.120. The van der Waals surface area contributed by atoms with Gasteiger partial charge in [-0.1, -0.05) is 6.07 Å². The summed E-state index contributed by atoms with van der Waals surface area (Å²) in [7, 11) is 0. The molecule has 0 amide bonds. The first-order valence-electron chi connectivity index (χ1n) is 4.35. The number of hydrogen-bond donors (Lipinski definition) is 3. The molecule has 5 heteroatoms. The van der Waals surface area contributed by atoms with Gasteiger partial charge in [0.05, 0.1) is 6.04 Å². The first-order valence-corrected chi connectivity index (χ1v) is 4.35. The molecule has 4 nitrogen and oxygen atoms in total. The van der Waals surface area contributed by atoms with Gasteiger partial charge in [-0.2, -0.15) is 0 Å². The molecule has 4 N–H and O–H groups in total. The van der Waals surface area contributed by atoms with E-state index >= 15 is 0 Å². The summed E-state index contributed by atoms with van der Waals surface area (Å²) < 4.78 is 12.3. The summed E-state index contributed by atoms with van der Waals surface area (Å²) in [5.74, 6) is -1.72. The number of rotatable bonds is 3. The van der Waals surface area contributed by atoms with Crippen LogP contribution >= 0.6 is 0 Å². The maximum absolute atomic E-state index is 12.3. The highest BCUT2D eigenvalue weighted by Crippen LogP contribution is 2.28. The van der Waals surface area contributed by atoms with Crippen molar-refractivity contribution in [2.45, 2.75) is 13.0 Å². The molecule has 0 aliphatic carbocycles. The van der Waals surface area contributed by atoms with Crippen LogP contribution in [-0.4, -0.2) is 22.9 Å². The average Bonchev–Trinajstić information content (AvgIpc) is 2.19. The molecule has 0 aliphatic heterocycles. The van der Waals surface area contributed by atoms with Gasteiger partial charge in [-0.15, -0.1) is 0 Å². The Labute approximate surface area is 86.1 Å². The summed E-state index contributed by atoms with van der Waals surface area (Å²) in [6, 6.07) is 1.79. The normalized spacial score (nSPS) is 12.5. The third kappa shape index (κ3) is 2.24. The second-order valence-electron chi connectivity index (χ2n) is 3.32. The van der Waals surface area contributed by atoms with Crippen LogP contribution in [0.1, 0.15) is 27.5 Å². The van der Waals surface area contributed by atoms with Crippen LogP contribution in [0.3, 0.4) is 0 Å². The van der Waals surface area contributed by atoms with Gasteiger partial charge in [-0.3, -0.25) is 0 Å². The number of aryl methyl sites for hydroxylation is 1. The molecular weight excluding hydrogens is 201 g/mol. The fourth-order valence-electron chi connectivity index (χ4n) is 1.34. The summed E-state index contributed by atoms with van der Waals surface area (Å²) in [6.07, 6.45) is 0. The fraction of sp³-hybridized carbons (Fsp3) is 0.300. The van der Waals surface area contributed by atoms with Gasteiger partial charge in [0.1, 0.15) is 18.0 Å². The minimum atomic E-state index is -1.26. The SMILES string of the molecule is Cc1cc(C(=O)O)c(O)c([C@H](N)CF)c1. The lowest BCUT2D eigenvalue weighted by Gasteiger charge is -2.12. The average molecular weight is 213 g/mol. The van der Waals surface area contributed by atoms with Crippen molar-refractivity contribution in [3.8, 4) is 5.75 Å². The van der Waals surface area contributed by atoms with Crippen LogP contribution in [0.15, 0.2) is 12.1 Å². The fourth-order valence-corrected chi connectivity index (χ4v) is 1.34. The largest absolute Gasteiger partial charge is 0.507 e. The number of aromatic hydroxyl groups is 1. The number of phenols is 1. The first kappa shape index (κ1) is 11.5. The van der Waals surface area contributed by atoms with E-state index < -0.39 is 24.4 Å². The number of alkyl halides is 1. The third-order valence-corrected chi connectivity index (χ3v) is 2.08. The van der Waals surface area contributed by atoms with Crippen LogP contribution in [0.5, 0.6) is 5.75 Å². The molecule has 0 aliphatic rings. The van der Waals surface area contributed by atoms with Crippen molar-refractivity contribution in [1.29, 1.82) is 0 Å². The Balaban J connectivity index is 3.34. The first-order chi connectivity index (χ1) is 6.97. The Morgan fingerprint density at radius 2 is 2.20 bits per heavy atom. The Bertz CT molecular complexity index is 392. The Kier molecular flexibility index (Phi) is 3.26. The molecule has 0 unspecified atom stereocenters. The van der Waals surface area contributed by atoms with E-state index in [1.54, 1.807) is 6.92 Å². The third-order valence-electron chi connectivity index (χ3n) is 2.08. The number of benzene rings is 1. The van der Waals surface area contributed by atoms with E-state index in [9.17, 15) is 14.3 Å². The van der Waals surface area contributed by atoms with Crippen LogP contribution in [0, 0.1) is 6.92 Å². The van der Waals surface area contributed by atoms with E-state index in [1.165, 1.54) is 12.1 Å². The van der Waals surface area contributed by atoms with Gasteiger partial charge in [-0.25, -0.2) is 9.18 Å². The number of carbonyl (C=O) groups is 1. The predicted molar refractivity (Wildman–Crippen MR) is 52.7 cm³/mol. The van der Waals surface area contributed by atoms with Gasteiger partial charge in [0.15, 0.2) is 0 Å². The van der Waals surface area contributed by atoms with Crippen LogP contribution in [0.4, 0.5) is 4.39 Å². The smallest absolute Gasteiger partial charge is 0.339 e. The van der Waals surface area contributed by atoms with Crippen LogP contribution in [0.2, 0.25) is 0 Å². The lowest BCUT2D eigenvalue weighted by atomic mass is 10.00. The molecule has 0 radical (unpaired) electrons. The number of hydrogen-bond acceptors (Lipinski definition) is 3. The van der Waals surface area contributed by atoms with Crippen molar-refractivity contribution >= 4 is 5.97 Å². The molecule has 0 saturated heterocycles. The zero-order chi connectivity index (χ0) is 11.6. The molecule has 1 rings (SSSR count). The lowest BCUT2D eigenvalue weighted by molar-refractivity contribution is 0.0693. The molecule has 82 valence electrons. The molecule has 0 heterocycles. The quantitative estimate of drug-likeness (QED) is 0.708. The molecule has 1 aromatic carbocycles. The Morgan fingerprint density at radius 1 is 1.60 bits per heavy atom. The van der Waals surface area contributed by atoms with Crippen LogP contribution < -0.4 is 5.73 Å². The highest BCUT2D eigenvalue weighted by atomic mass is 19.1. The number of halogens is 1. The summed E-state index contributed by atoms with van der Waals surface area (Å²) in [4.78, 5) is 10.7. The van der Waals surface area contributed by atoms with Crippen molar-refractivity contribution in [3.63, 3.8) is 0 Å². The van der Waals surface area contributed by atoms with Crippen molar-refractivity contribution in [3.05, 3.63) is 28.8 Å². The molecule has 1 atom stereocenters. The zero-order valence-corrected chi connectivity index (χ0v) is 8.20. The van der Waals surface area contributed by atoms with Gasteiger partial charge < -0.3 is 15.9 Å². The van der Waals surface area contributed by atoms with Gasteiger partial charge >= 0.3 is 5.97 Å². The predicted octanol–water partition coefficient (Wildman–Crippen LogP) is 1.37. The second-order valence-corrected chi connectivity index (χ2v) is 3.32. The zero-order valence-electron chi connectivity index (χ0n) is 8.20. The number of carboxylic acids is 1. The molecule has 0 bridgehead atoms. The van der Waals surface area contributed by atoms with Crippen LogP contribution in [-0.2, 0) is 0 Å². The van der Waals surface area contributed by atoms with E-state index in [1.807, 2.05) is 0 Å². The summed E-state index contributed by atoms with van der Waals surface area (Å²) in [5, 5.41) is 18.3. The minimum Gasteiger partial charge on any atom is -0.507 e. The van der Waals surface area contributed by atoms with Crippen molar-refractivity contribution < 1.29 is 19.4 Å². The standard InChI is InChI=1S/C10H12FNO3/c1-5-2-6(8(12)4-11)9(13)7(3-5)10(14)15/h2-3,8,13H,4,12H2,1H3,(H,14,15)/t8-/m1/s1. The second kappa shape index (κ2) is 4.27. The number of carboxylic acid groups (broad SMARTS) is 1. The Morgan fingerprint density at radius 3 is 2.67 bits per heavy atom. The summed E-state index contributed by atoms with van der Waals surface area (Å²) in [6.45, 7) is 0.802. The van der Waals surface area contributed by atoms with Crippen molar-refractivity contribution in [1.82, 2.24) is 0 Å². The van der Waals surface area contributed by atoms with Crippen molar-refractivity contribution in [2.75, 3.05) is 6.67 Å². The van der Waals surface area contributed by atoms with E-state index in [4.69, 9.17) is 10.8 Å². The number of aromatic carboxylic acids is 1. The van der Waals surface area contributed by atoms with E-state index in [2.05, 4.69) is 0 Å². The van der Waals surface area contributed by atoms with Crippen molar-refractivity contribution in [2.24, 2.45) is 5.73 Å². The molecule has 15 heavy (non-hydrogen) atoms. The van der Waals surface area contributed by atoms with Gasteiger partial charge in [0.2, 0.25) is 0 Å². The number of nitrogens with two attached hydrogens (primary N) is 1. The molecular formula is C10H12FNO3. The summed E-state index contributed by atoms with van der Waals surface area (Å²) >= 11 is 0. The molecule has 0 fully saturated rings. The van der Waals surface area contributed by atoms with E-state index in [0.717, 1.165) is 0 Å². The van der Waals surface area contributed by atoms with E-state index in [-0.39, 0.29) is 11.1 Å². The molecule has 0 aromatic heterocycles. The maximum Gasteiger partial charge on any atom is 0.339 e. The molecule has 0 spiro atoms. The summed E-state index contributed by atoms with van der Waals surface area (Å²) in [5.41, 5.74) is 5.88. The van der Waals surface area contributed by atoms with Gasteiger partial charge in [0.25, 0.3) is 0 Å². The topological polar surface area (TPSA) is 83.5 Å². The molecule has 0 saturated carbocycles. The highest BCUT2D eigenvalue weighted by Gasteiger charge is 2.18. The van der Waals surface area contributed by atoms with Crippen LogP contribution in [0.25, 0.3) is 0 Å². The molecule has 1 aromatic rings. The van der Waals surface area contributed by atoms with Gasteiger partial charge in [-0.05, 0) is 18.6 Å². The Hall–Kier alpha value is -1.62.